The van der Waals surface area contributed by atoms with E-state index in [9.17, 15) is 19.5 Å². The predicted octanol–water partition coefficient (Wildman–Crippen LogP) is 5.19. The van der Waals surface area contributed by atoms with Gasteiger partial charge in [0.2, 0.25) is 11.8 Å². The molecule has 0 aromatic heterocycles. The number of unbranched alkanes of at least 4 members (excludes halogenated alkanes) is 1. The summed E-state index contributed by atoms with van der Waals surface area (Å²) in [4.78, 5) is 48.6. The lowest BCUT2D eigenvalue weighted by Gasteiger charge is -2.41. The van der Waals surface area contributed by atoms with Gasteiger partial charge in [-0.05, 0) is 49.4 Å². The molecule has 3 heterocycles. The zero-order valence-corrected chi connectivity index (χ0v) is 25.5. The number of para-hydroxylation sites is 2. The standard InChI is InChI=1S/C33H38ClN3O4S/c1-4-17-35(23-13-7-6-8-14-23)30(39)27-26-21-22(3)33(42-26)28(27)31(40)37(19-11-12-20-38)29(33)32(41)36(18-5-2)25-16-10-9-15-24(25)34/h4-10,13-16,22,26-29,38H,1-2,11-12,17-21H2,3H3/t22?,26-,27+,28+,29?,33?/m1/s1. The van der Waals surface area contributed by atoms with Gasteiger partial charge in [-0.1, -0.05) is 61.0 Å². The molecule has 2 aromatic carbocycles. The highest BCUT2D eigenvalue weighted by Gasteiger charge is 2.76. The van der Waals surface area contributed by atoms with Crippen molar-refractivity contribution >= 4 is 52.5 Å². The summed E-state index contributed by atoms with van der Waals surface area (Å²) in [6.45, 7) is 10.7. The van der Waals surface area contributed by atoms with Crippen molar-refractivity contribution in [2.24, 2.45) is 17.8 Å². The van der Waals surface area contributed by atoms with Gasteiger partial charge in [0.25, 0.3) is 5.91 Å². The Balaban J connectivity index is 1.59. The van der Waals surface area contributed by atoms with Gasteiger partial charge in [-0.25, -0.2) is 0 Å². The number of aliphatic hydroxyl groups is 1. The minimum Gasteiger partial charge on any atom is -0.396 e. The van der Waals surface area contributed by atoms with Crippen molar-refractivity contribution in [1.82, 2.24) is 4.90 Å². The van der Waals surface area contributed by atoms with Gasteiger partial charge in [-0.3, -0.25) is 14.4 Å². The smallest absolute Gasteiger partial charge is 0.251 e. The Labute approximate surface area is 257 Å². The maximum atomic E-state index is 14.7. The number of carbonyl (C=O) groups is 3. The summed E-state index contributed by atoms with van der Waals surface area (Å²) in [5, 5.41) is 9.85. The lowest BCUT2D eigenvalue weighted by atomic mass is 9.65. The van der Waals surface area contributed by atoms with E-state index in [1.165, 1.54) is 0 Å². The van der Waals surface area contributed by atoms with Crippen LogP contribution in [-0.2, 0) is 14.4 Å². The van der Waals surface area contributed by atoms with E-state index in [2.05, 4.69) is 20.1 Å². The number of halogens is 1. The number of thioether (sulfide) groups is 1. The molecule has 0 radical (unpaired) electrons. The Bertz CT molecular complexity index is 1360. The Morgan fingerprint density at radius 1 is 1.05 bits per heavy atom. The van der Waals surface area contributed by atoms with Crippen LogP contribution in [0.1, 0.15) is 26.2 Å². The summed E-state index contributed by atoms with van der Waals surface area (Å²) in [6, 6.07) is 15.9. The molecule has 3 unspecified atom stereocenters. The molecule has 2 bridgehead atoms. The van der Waals surface area contributed by atoms with Crippen LogP contribution >= 0.6 is 23.4 Å². The van der Waals surface area contributed by atoms with Gasteiger partial charge in [-0.2, -0.15) is 0 Å². The number of carbonyl (C=O) groups excluding carboxylic acids is 3. The van der Waals surface area contributed by atoms with Crippen LogP contribution < -0.4 is 9.80 Å². The van der Waals surface area contributed by atoms with E-state index in [1.807, 2.05) is 42.5 Å². The molecule has 2 aromatic rings. The summed E-state index contributed by atoms with van der Waals surface area (Å²) in [6.07, 6.45) is 5.16. The van der Waals surface area contributed by atoms with Crippen LogP contribution in [0.4, 0.5) is 11.4 Å². The lowest BCUT2D eigenvalue weighted by molar-refractivity contribution is -0.139. The van der Waals surface area contributed by atoms with Crippen LogP contribution in [0.25, 0.3) is 0 Å². The number of hydrogen-bond acceptors (Lipinski definition) is 5. The van der Waals surface area contributed by atoms with Crippen molar-refractivity contribution in [3.05, 3.63) is 84.9 Å². The molecular formula is C33H38ClN3O4S. The molecule has 7 nitrogen and oxygen atoms in total. The maximum Gasteiger partial charge on any atom is 0.251 e. The highest BCUT2D eigenvalue weighted by atomic mass is 35.5. The second-order valence-corrected chi connectivity index (χ2v) is 13.2. The highest BCUT2D eigenvalue weighted by Crippen LogP contribution is 2.69. The first-order chi connectivity index (χ1) is 20.3. The van der Waals surface area contributed by atoms with Crippen LogP contribution in [0.15, 0.2) is 79.9 Å². The maximum absolute atomic E-state index is 14.7. The number of amides is 3. The Hall–Kier alpha value is -3.07. The summed E-state index contributed by atoms with van der Waals surface area (Å²) in [7, 11) is 0. The number of aliphatic hydroxyl groups excluding tert-OH is 1. The van der Waals surface area contributed by atoms with Crippen LogP contribution in [0.3, 0.4) is 0 Å². The first-order valence-corrected chi connectivity index (χ1v) is 15.8. The molecule has 6 atom stereocenters. The van der Waals surface area contributed by atoms with Crippen molar-refractivity contribution < 1.29 is 19.5 Å². The van der Waals surface area contributed by atoms with Crippen molar-refractivity contribution in [2.45, 2.75) is 42.2 Å². The Morgan fingerprint density at radius 2 is 1.71 bits per heavy atom. The number of anilines is 2. The molecular weight excluding hydrogens is 570 g/mol. The molecule has 3 aliphatic rings. The monoisotopic (exact) mass is 607 g/mol. The number of hydrogen-bond donors (Lipinski definition) is 1. The lowest BCUT2D eigenvalue weighted by Crippen LogP contribution is -2.57. The molecule has 0 saturated carbocycles. The molecule has 222 valence electrons. The van der Waals surface area contributed by atoms with E-state index >= 15 is 0 Å². The zero-order valence-electron chi connectivity index (χ0n) is 23.9. The second-order valence-electron chi connectivity index (χ2n) is 11.3. The fourth-order valence-electron chi connectivity index (χ4n) is 7.21. The average molecular weight is 608 g/mol. The van der Waals surface area contributed by atoms with E-state index < -0.39 is 22.6 Å². The highest BCUT2D eigenvalue weighted by molar-refractivity contribution is 8.02. The van der Waals surface area contributed by atoms with Gasteiger partial charge < -0.3 is 19.8 Å². The number of rotatable bonds is 12. The average Bonchev–Trinajstić information content (AvgIpc) is 3.58. The first-order valence-electron chi connectivity index (χ1n) is 14.5. The quantitative estimate of drug-likeness (QED) is 0.265. The van der Waals surface area contributed by atoms with Gasteiger partial charge in [0, 0.05) is 37.2 Å². The third-order valence-corrected chi connectivity index (χ3v) is 11.3. The fraction of sp³-hybridized carbons (Fsp3) is 0.424. The summed E-state index contributed by atoms with van der Waals surface area (Å²) < 4.78 is -0.768. The van der Waals surface area contributed by atoms with Crippen molar-refractivity contribution in [2.75, 3.05) is 36.0 Å². The largest absolute Gasteiger partial charge is 0.396 e. The van der Waals surface area contributed by atoms with Gasteiger partial charge in [0.1, 0.15) is 6.04 Å². The Morgan fingerprint density at radius 3 is 2.38 bits per heavy atom. The number of nitrogens with zero attached hydrogens (tertiary/aromatic N) is 3. The Kier molecular flexibility index (Phi) is 9.16. The number of likely N-dealkylation sites (tertiary alicyclic amines) is 1. The van der Waals surface area contributed by atoms with Crippen molar-refractivity contribution in [3.8, 4) is 0 Å². The van der Waals surface area contributed by atoms with Crippen LogP contribution in [0.5, 0.6) is 0 Å². The van der Waals surface area contributed by atoms with Gasteiger partial charge in [0.05, 0.1) is 27.3 Å². The fourth-order valence-corrected chi connectivity index (χ4v) is 9.86. The second kappa shape index (κ2) is 12.7. The molecule has 3 fully saturated rings. The normalized spacial score (nSPS) is 27.5. The van der Waals surface area contributed by atoms with E-state index in [0.29, 0.717) is 36.6 Å². The molecule has 3 aliphatic heterocycles. The molecule has 42 heavy (non-hydrogen) atoms. The summed E-state index contributed by atoms with van der Waals surface area (Å²) in [5.74, 6) is -1.66. The van der Waals surface area contributed by atoms with Crippen LogP contribution in [0.2, 0.25) is 5.02 Å². The first kappa shape index (κ1) is 30.4. The van der Waals surface area contributed by atoms with Crippen LogP contribution in [0, 0.1) is 17.8 Å². The van der Waals surface area contributed by atoms with Gasteiger partial charge in [0.15, 0.2) is 0 Å². The minimum atomic E-state index is -0.780. The third-order valence-electron chi connectivity index (χ3n) is 8.94. The van der Waals surface area contributed by atoms with Crippen molar-refractivity contribution in [1.29, 1.82) is 0 Å². The molecule has 1 N–H and O–H groups in total. The molecule has 0 aliphatic carbocycles. The minimum absolute atomic E-state index is 0.000641. The number of benzene rings is 2. The van der Waals surface area contributed by atoms with Gasteiger partial charge >= 0.3 is 0 Å². The molecule has 1 spiro atoms. The predicted molar refractivity (Wildman–Crippen MR) is 170 cm³/mol. The molecule has 3 saturated heterocycles. The van der Waals surface area contributed by atoms with Gasteiger partial charge in [-0.15, -0.1) is 24.9 Å². The molecule has 9 heteroatoms. The van der Waals surface area contributed by atoms with Crippen molar-refractivity contribution in [3.63, 3.8) is 0 Å². The third kappa shape index (κ3) is 4.97. The summed E-state index contributed by atoms with van der Waals surface area (Å²) in [5.41, 5.74) is 1.32. The van der Waals surface area contributed by atoms with E-state index in [0.717, 1.165) is 12.1 Å². The SMILES string of the molecule is C=CCN(C(=O)[C@@H]1[C@H]2C(=O)N(CCCCO)C(C(=O)N(CC=C)c3ccccc3Cl)C23S[C@@H]1CC3C)c1ccccc1. The topological polar surface area (TPSA) is 81.2 Å². The van der Waals surface area contributed by atoms with E-state index in [4.69, 9.17) is 11.6 Å². The summed E-state index contributed by atoms with van der Waals surface area (Å²) >= 11 is 8.23. The zero-order chi connectivity index (χ0) is 30.0. The molecule has 3 amide bonds. The van der Waals surface area contributed by atoms with Crippen LogP contribution in [-0.4, -0.2) is 70.0 Å². The molecule has 5 rings (SSSR count). The number of fused-ring (bicyclic) bond motifs is 1. The van der Waals surface area contributed by atoms with E-state index in [-0.39, 0.29) is 42.0 Å². The van der Waals surface area contributed by atoms with E-state index in [1.54, 1.807) is 50.7 Å².